The Bertz CT molecular complexity index is 715. The quantitative estimate of drug-likeness (QED) is 0.785. The number of amides is 2. The van der Waals surface area contributed by atoms with Gasteiger partial charge in [-0.05, 0) is 55.7 Å². The SMILES string of the molecule is COc1cc(CNC(=O)C2CCN(C(=O)OC3CCCCC3C)CC2)ccc1O. The minimum atomic E-state index is -0.237. The van der Waals surface area contributed by atoms with Crippen molar-refractivity contribution >= 4 is 12.0 Å². The van der Waals surface area contributed by atoms with Crippen molar-refractivity contribution < 1.29 is 24.2 Å². The maximum Gasteiger partial charge on any atom is 0.410 e. The fraction of sp³-hybridized carbons (Fsp3) is 0.636. The number of methoxy groups -OCH3 is 1. The van der Waals surface area contributed by atoms with Crippen molar-refractivity contribution in [3.63, 3.8) is 0 Å². The van der Waals surface area contributed by atoms with Crippen molar-refractivity contribution in [2.75, 3.05) is 20.2 Å². The maximum absolute atomic E-state index is 12.5. The Hall–Kier alpha value is -2.44. The summed E-state index contributed by atoms with van der Waals surface area (Å²) < 4.78 is 10.8. The van der Waals surface area contributed by atoms with Gasteiger partial charge in [0.2, 0.25) is 5.91 Å². The van der Waals surface area contributed by atoms with E-state index in [1.165, 1.54) is 13.5 Å². The van der Waals surface area contributed by atoms with Gasteiger partial charge in [0.25, 0.3) is 0 Å². The zero-order chi connectivity index (χ0) is 20.8. The summed E-state index contributed by atoms with van der Waals surface area (Å²) in [5.41, 5.74) is 0.857. The summed E-state index contributed by atoms with van der Waals surface area (Å²) in [5.74, 6) is 0.771. The van der Waals surface area contributed by atoms with E-state index in [2.05, 4.69) is 12.2 Å². The number of hydrogen-bond acceptors (Lipinski definition) is 5. The Morgan fingerprint density at radius 2 is 1.90 bits per heavy atom. The van der Waals surface area contributed by atoms with Gasteiger partial charge in [0.05, 0.1) is 7.11 Å². The molecular weight excluding hydrogens is 372 g/mol. The molecule has 0 bridgehead atoms. The van der Waals surface area contributed by atoms with Crippen LogP contribution >= 0.6 is 0 Å². The molecule has 1 aromatic carbocycles. The van der Waals surface area contributed by atoms with Crippen LogP contribution in [0.5, 0.6) is 11.5 Å². The van der Waals surface area contributed by atoms with E-state index in [4.69, 9.17) is 9.47 Å². The normalized spacial score (nSPS) is 22.8. The van der Waals surface area contributed by atoms with E-state index in [-0.39, 0.29) is 29.8 Å². The monoisotopic (exact) mass is 404 g/mol. The molecule has 1 heterocycles. The van der Waals surface area contributed by atoms with E-state index in [1.807, 2.05) is 0 Å². The summed E-state index contributed by atoms with van der Waals surface area (Å²) in [5, 5.41) is 12.6. The van der Waals surface area contributed by atoms with Crippen LogP contribution in [0.4, 0.5) is 4.79 Å². The molecule has 29 heavy (non-hydrogen) atoms. The molecule has 2 fully saturated rings. The number of nitrogens with one attached hydrogen (secondary N) is 1. The Morgan fingerprint density at radius 3 is 2.59 bits per heavy atom. The molecule has 7 nitrogen and oxygen atoms in total. The Labute approximate surface area is 172 Å². The van der Waals surface area contributed by atoms with Crippen molar-refractivity contribution in [1.29, 1.82) is 0 Å². The second-order valence-electron chi connectivity index (χ2n) is 8.17. The number of piperidine rings is 1. The fourth-order valence-corrected chi connectivity index (χ4v) is 4.15. The smallest absolute Gasteiger partial charge is 0.410 e. The number of rotatable bonds is 5. The van der Waals surface area contributed by atoms with Crippen LogP contribution in [0.25, 0.3) is 0 Å². The third kappa shape index (κ3) is 5.55. The van der Waals surface area contributed by atoms with Gasteiger partial charge in [-0.15, -0.1) is 0 Å². The van der Waals surface area contributed by atoms with Gasteiger partial charge < -0.3 is 24.8 Å². The first-order valence-corrected chi connectivity index (χ1v) is 10.6. The molecule has 1 aliphatic heterocycles. The molecule has 7 heteroatoms. The average molecular weight is 405 g/mol. The first-order chi connectivity index (χ1) is 14.0. The van der Waals surface area contributed by atoms with Crippen molar-refractivity contribution in [3.05, 3.63) is 23.8 Å². The average Bonchev–Trinajstić information content (AvgIpc) is 2.74. The summed E-state index contributed by atoms with van der Waals surface area (Å²) in [4.78, 5) is 26.7. The standard InChI is InChI=1S/C22H32N2O5/c1-15-5-3-4-6-19(15)29-22(27)24-11-9-17(10-12-24)21(26)23-14-16-7-8-18(25)20(13-16)28-2/h7-8,13,15,17,19,25H,3-6,9-12,14H2,1-2H3,(H,23,26). The number of nitrogens with zero attached hydrogens (tertiary/aromatic N) is 1. The number of phenolic OH excluding ortho intramolecular Hbond substituents is 1. The molecule has 0 radical (unpaired) electrons. The lowest BCUT2D eigenvalue weighted by Gasteiger charge is -2.34. The zero-order valence-corrected chi connectivity index (χ0v) is 17.4. The van der Waals surface area contributed by atoms with E-state index >= 15 is 0 Å². The number of hydrogen-bond donors (Lipinski definition) is 2. The van der Waals surface area contributed by atoms with Crippen LogP contribution in [-0.4, -0.2) is 48.3 Å². The van der Waals surface area contributed by atoms with Gasteiger partial charge in [-0.25, -0.2) is 4.79 Å². The number of ether oxygens (including phenoxy) is 2. The molecule has 1 saturated carbocycles. The first-order valence-electron chi connectivity index (χ1n) is 10.6. The highest BCUT2D eigenvalue weighted by Crippen LogP contribution is 2.28. The van der Waals surface area contributed by atoms with Gasteiger partial charge in [-0.3, -0.25) is 4.79 Å². The van der Waals surface area contributed by atoms with Crippen LogP contribution in [0.15, 0.2) is 18.2 Å². The lowest BCUT2D eigenvalue weighted by atomic mass is 9.88. The molecule has 2 amide bonds. The molecule has 2 unspecified atom stereocenters. The number of carbonyl (C=O) groups excluding carboxylic acids is 2. The topological polar surface area (TPSA) is 88.1 Å². The van der Waals surface area contributed by atoms with Crippen molar-refractivity contribution in [2.45, 2.75) is 58.1 Å². The predicted octanol–water partition coefficient (Wildman–Crippen LogP) is 3.44. The van der Waals surface area contributed by atoms with Crippen LogP contribution in [0.2, 0.25) is 0 Å². The lowest BCUT2D eigenvalue weighted by Crippen LogP contribution is -2.44. The molecule has 0 aromatic heterocycles. The van der Waals surface area contributed by atoms with Gasteiger partial charge in [-0.2, -0.15) is 0 Å². The van der Waals surface area contributed by atoms with E-state index in [1.54, 1.807) is 23.1 Å². The third-order valence-corrected chi connectivity index (χ3v) is 6.12. The minimum Gasteiger partial charge on any atom is -0.504 e. The number of carbonyl (C=O) groups is 2. The predicted molar refractivity (Wildman–Crippen MR) is 109 cm³/mol. The summed E-state index contributed by atoms with van der Waals surface area (Å²) in [7, 11) is 1.49. The molecule has 1 aromatic rings. The van der Waals surface area contributed by atoms with Crippen LogP contribution < -0.4 is 10.1 Å². The highest BCUT2D eigenvalue weighted by molar-refractivity contribution is 5.79. The number of aromatic hydroxyl groups is 1. The van der Waals surface area contributed by atoms with Gasteiger partial charge >= 0.3 is 6.09 Å². The molecule has 160 valence electrons. The molecule has 2 aliphatic rings. The second kappa shape index (κ2) is 9.85. The van der Waals surface area contributed by atoms with E-state index in [9.17, 15) is 14.7 Å². The zero-order valence-electron chi connectivity index (χ0n) is 17.4. The summed E-state index contributed by atoms with van der Waals surface area (Å²) in [6, 6.07) is 5.01. The first kappa shape index (κ1) is 21.3. The van der Waals surface area contributed by atoms with Crippen LogP contribution in [0.1, 0.15) is 51.0 Å². The summed E-state index contributed by atoms with van der Waals surface area (Å²) in [6.45, 7) is 3.62. The van der Waals surface area contributed by atoms with Crippen molar-refractivity contribution in [3.8, 4) is 11.5 Å². The fourth-order valence-electron chi connectivity index (χ4n) is 4.15. The number of likely N-dealkylation sites (tertiary alicyclic amines) is 1. The molecule has 1 saturated heterocycles. The van der Waals surface area contributed by atoms with Gasteiger partial charge in [0.1, 0.15) is 6.10 Å². The molecular formula is C22H32N2O5. The Morgan fingerprint density at radius 1 is 1.17 bits per heavy atom. The van der Waals surface area contributed by atoms with Crippen LogP contribution in [-0.2, 0) is 16.1 Å². The largest absolute Gasteiger partial charge is 0.504 e. The summed E-state index contributed by atoms with van der Waals surface area (Å²) >= 11 is 0. The molecule has 1 aliphatic carbocycles. The molecule has 0 spiro atoms. The van der Waals surface area contributed by atoms with Crippen LogP contribution in [0.3, 0.4) is 0 Å². The van der Waals surface area contributed by atoms with E-state index in [0.29, 0.717) is 44.1 Å². The van der Waals surface area contributed by atoms with E-state index in [0.717, 1.165) is 24.8 Å². The van der Waals surface area contributed by atoms with Gasteiger partial charge in [0.15, 0.2) is 11.5 Å². The highest BCUT2D eigenvalue weighted by atomic mass is 16.6. The Kier molecular flexibility index (Phi) is 7.23. The molecule has 2 atom stereocenters. The minimum absolute atomic E-state index is 0.00837. The third-order valence-electron chi connectivity index (χ3n) is 6.12. The van der Waals surface area contributed by atoms with Crippen molar-refractivity contribution in [2.24, 2.45) is 11.8 Å². The maximum atomic E-state index is 12.5. The summed E-state index contributed by atoms with van der Waals surface area (Å²) in [6.07, 6.45) is 5.48. The van der Waals surface area contributed by atoms with Crippen molar-refractivity contribution in [1.82, 2.24) is 10.2 Å². The highest BCUT2D eigenvalue weighted by Gasteiger charge is 2.31. The molecule has 2 N–H and O–H groups in total. The van der Waals surface area contributed by atoms with Crippen LogP contribution in [0, 0.1) is 11.8 Å². The van der Waals surface area contributed by atoms with Gasteiger partial charge in [-0.1, -0.05) is 19.4 Å². The number of phenols is 1. The van der Waals surface area contributed by atoms with E-state index < -0.39 is 0 Å². The number of benzene rings is 1. The van der Waals surface area contributed by atoms with Gasteiger partial charge in [0, 0.05) is 25.6 Å². The molecule has 3 rings (SSSR count). The second-order valence-corrected chi connectivity index (χ2v) is 8.17. The Balaban J connectivity index is 1.42. The lowest BCUT2D eigenvalue weighted by molar-refractivity contribution is -0.126.